The maximum atomic E-state index is 13.9. The van der Waals surface area contributed by atoms with Crippen molar-refractivity contribution in [3.05, 3.63) is 77.1 Å². The Kier molecular flexibility index (Phi) is 7.36. The topological polar surface area (TPSA) is 75.6 Å². The van der Waals surface area contributed by atoms with Gasteiger partial charge in [-0.25, -0.2) is 9.18 Å². The van der Waals surface area contributed by atoms with Gasteiger partial charge in [0.05, 0.1) is 0 Å². The molecule has 0 fully saturated rings. The van der Waals surface area contributed by atoms with E-state index in [9.17, 15) is 14.0 Å². The number of alkyl carbamates (subject to hydrolysis) is 1. The molecule has 136 valence electrons. The fraction of sp³-hybridized carbons (Fsp3) is 0.200. The van der Waals surface area contributed by atoms with Crippen LogP contribution in [0.4, 0.5) is 9.18 Å². The monoisotopic (exact) mass is 357 g/mol. The first-order chi connectivity index (χ1) is 12.5. The second-order valence-corrected chi connectivity index (χ2v) is 5.59. The molecule has 0 aliphatic rings. The predicted molar refractivity (Wildman–Crippen MR) is 96.0 cm³/mol. The number of ether oxygens (including phenoxy) is 1. The van der Waals surface area contributed by atoms with E-state index in [2.05, 4.69) is 5.32 Å². The zero-order valence-corrected chi connectivity index (χ0v) is 14.2. The Morgan fingerprint density at radius 2 is 1.92 bits per heavy atom. The average Bonchev–Trinajstić information content (AvgIpc) is 2.63. The van der Waals surface area contributed by atoms with Crippen molar-refractivity contribution in [2.45, 2.75) is 19.4 Å². The molecule has 5 nitrogen and oxygen atoms in total. The minimum atomic E-state index is -0.960. The minimum absolute atomic E-state index is 0.110. The molecule has 0 unspecified atom stereocenters. The van der Waals surface area contributed by atoms with Gasteiger partial charge in [-0.15, -0.1) is 0 Å². The molecule has 0 bridgehead atoms. The summed E-state index contributed by atoms with van der Waals surface area (Å²) in [5, 5.41) is 11.2. The second kappa shape index (κ2) is 9.98. The molecule has 0 saturated carbocycles. The van der Waals surface area contributed by atoms with Crippen LogP contribution in [-0.4, -0.2) is 23.7 Å². The van der Waals surface area contributed by atoms with Crippen LogP contribution in [0.25, 0.3) is 6.08 Å². The zero-order chi connectivity index (χ0) is 18.8. The highest BCUT2D eigenvalue weighted by molar-refractivity contribution is 5.68. The molecule has 2 aromatic rings. The summed E-state index contributed by atoms with van der Waals surface area (Å²) in [5.74, 6) is -1.40. The number of nitrogens with one attached hydrogen (secondary N) is 1. The van der Waals surface area contributed by atoms with Crippen LogP contribution in [0.15, 0.2) is 54.6 Å². The van der Waals surface area contributed by atoms with E-state index in [0.29, 0.717) is 11.1 Å². The minimum Gasteiger partial charge on any atom is -0.481 e. The lowest BCUT2D eigenvalue weighted by Gasteiger charge is -2.05. The molecule has 0 atom stereocenters. The number of carboxylic acid groups (broad SMARTS) is 1. The number of carbonyl (C=O) groups excluding carboxylic acids is 1. The maximum absolute atomic E-state index is 13.9. The molecule has 1 amide bonds. The first-order valence-electron chi connectivity index (χ1n) is 8.16. The van der Waals surface area contributed by atoms with E-state index < -0.39 is 17.9 Å². The predicted octanol–water partition coefficient (Wildman–Crippen LogP) is 3.78. The number of hydrogen-bond acceptors (Lipinski definition) is 3. The molecule has 0 aromatic heterocycles. The van der Waals surface area contributed by atoms with Gasteiger partial charge < -0.3 is 15.2 Å². The van der Waals surface area contributed by atoms with Crippen LogP contribution in [-0.2, 0) is 22.6 Å². The van der Waals surface area contributed by atoms with E-state index in [4.69, 9.17) is 9.84 Å². The quantitative estimate of drug-likeness (QED) is 0.754. The van der Waals surface area contributed by atoms with E-state index in [-0.39, 0.29) is 26.0 Å². The number of aliphatic carboxylic acids is 1. The molecule has 6 heteroatoms. The van der Waals surface area contributed by atoms with Crippen molar-refractivity contribution in [3.8, 4) is 0 Å². The standard InChI is InChI=1S/C20H20FNO4/c21-18-13-15(8-9-17(18)10-11-19(23)24)7-4-12-22-20(25)26-14-16-5-2-1-3-6-16/h1-9,13H,10-12,14H2,(H,22,25)(H,23,24). The van der Waals surface area contributed by atoms with E-state index in [1.165, 1.54) is 6.07 Å². The normalized spacial score (nSPS) is 10.7. The summed E-state index contributed by atoms with van der Waals surface area (Å²) in [6, 6.07) is 13.9. The summed E-state index contributed by atoms with van der Waals surface area (Å²) in [6.45, 7) is 0.440. The van der Waals surface area contributed by atoms with Gasteiger partial charge in [-0.05, 0) is 29.2 Å². The summed E-state index contributed by atoms with van der Waals surface area (Å²) in [6.07, 6.45) is 2.85. The summed E-state index contributed by atoms with van der Waals surface area (Å²) in [4.78, 5) is 22.1. The molecule has 0 saturated heterocycles. The van der Waals surface area contributed by atoms with Gasteiger partial charge >= 0.3 is 12.1 Å². The number of hydrogen-bond donors (Lipinski definition) is 2. The number of carbonyl (C=O) groups is 2. The number of benzene rings is 2. The smallest absolute Gasteiger partial charge is 0.407 e. The third-order valence-electron chi connectivity index (χ3n) is 3.57. The Morgan fingerprint density at radius 1 is 1.15 bits per heavy atom. The van der Waals surface area contributed by atoms with Gasteiger partial charge in [0.1, 0.15) is 12.4 Å². The van der Waals surface area contributed by atoms with Crippen LogP contribution in [0.3, 0.4) is 0 Å². The fourth-order valence-electron chi connectivity index (χ4n) is 2.22. The molecule has 0 heterocycles. The second-order valence-electron chi connectivity index (χ2n) is 5.59. The van der Waals surface area contributed by atoms with Crippen LogP contribution >= 0.6 is 0 Å². The maximum Gasteiger partial charge on any atom is 0.407 e. The molecule has 0 aliphatic heterocycles. The molecular weight excluding hydrogens is 337 g/mol. The lowest BCUT2D eigenvalue weighted by atomic mass is 10.1. The van der Waals surface area contributed by atoms with Gasteiger partial charge in [0.2, 0.25) is 0 Å². The third kappa shape index (κ3) is 6.76. The van der Waals surface area contributed by atoms with Crippen LogP contribution in [0.5, 0.6) is 0 Å². The number of aryl methyl sites for hydroxylation is 1. The van der Waals surface area contributed by atoms with Crippen LogP contribution < -0.4 is 5.32 Å². The van der Waals surface area contributed by atoms with Gasteiger partial charge in [0.25, 0.3) is 0 Å². The third-order valence-corrected chi connectivity index (χ3v) is 3.57. The molecular formula is C20H20FNO4. The van der Waals surface area contributed by atoms with Gasteiger partial charge in [-0.2, -0.15) is 0 Å². The van der Waals surface area contributed by atoms with Crippen molar-refractivity contribution >= 4 is 18.1 Å². The van der Waals surface area contributed by atoms with E-state index in [1.54, 1.807) is 24.3 Å². The number of halogens is 1. The lowest BCUT2D eigenvalue weighted by molar-refractivity contribution is -0.136. The largest absolute Gasteiger partial charge is 0.481 e. The highest BCUT2D eigenvalue weighted by Gasteiger charge is 2.05. The molecule has 0 spiro atoms. The van der Waals surface area contributed by atoms with Crippen molar-refractivity contribution in [2.75, 3.05) is 6.54 Å². The van der Waals surface area contributed by atoms with Crippen molar-refractivity contribution in [3.63, 3.8) is 0 Å². The van der Waals surface area contributed by atoms with Crippen molar-refractivity contribution < 1.29 is 23.8 Å². The molecule has 2 rings (SSSR count). The van der Waals surface area contributed by atoms with Crippen molar-refractivity contribution in [1.29, 1.82) is 0 Å². The molecule has 26 heavy (non-hydrogen) atoms. The molecule has 2 aromatic carbocycles. The summed E-state index contributed by atoms with van der Waals surface area (Å²) in [5.41, 5.74) is 1.89. The van der Waals surface area contributed by atoms with Crippen LogP contribution in [0, 0.1) is 5.82 Å². The zero-order valence-electron chi connectivity index (χ0n) is 14.2. The first-order valence-corrected chi connectivity index (χ1v) is 8.16. The van der Waals surface area contributed by atoms with Crippen molar-refractivity contribution in [2.24, 2.45) is 0 Å². The van der Waals surface area contributed by atoms with E-state index in [1.807, 2.05) is 30.3 Å². The average molecular weight is 357 g/mol. The van der Waals surface area contributed by atoms with Gasteiger partial charge in [0, 0.05) is 13.0 Å². The van der Waals surface area contributed by atoms with E-state index >= 15 is 0 Å². The number of amides is 1. The molecule has 2 N–H and O–H groups in total. The van der Waals surface area contributed by atoms with Gasteiger partial charge in [0.15, 0.2) is 0 Å². The van der Waals surface area contributed by atoms with Crippen LogP contribution in [0.1, 0.15) is 23.1 Å². The lowest BCUT2D eigenvalue weighted by Crippen LogP contribution is -2.24. The summed E-state index contributed by atoms with van der Waals surface area (Å²) in [7, 11) is 0. The van der Waals surface area contributed by atoms with Crippen LogP contribution in [0.2, 0.25) is 0 Å². The van der Waals surface area contributed by atoms with Gasteiger partial charge in [-0.3, -0.25) is 4.79 Å². The Bertz CT molecular complexity index is 775. The summed E-state index contributed by atoms with van der Waals surface area (Å²) < 4.78 is 19.0. The van der Waals surface area contributed by atoms with Crippen molar-refractivity contribution in [1.82, 2.24) is 5.32 Å². The highest BCUT2D eigenvalue weighted by atomic mass is 19.1. The number of carboxylic acids is 1. The Morgan fingerprint density at radius 3 is 2.62 bits per heavy atom. The molecule has 0 aliphatic carbocycles. The Hall–Kier alpha value is -3.15. The Balaban J connectivity index is 1.74. The number of rotatable bonds is 8. The summed E-state index contributed by atoms with van der Waals surface area (Å²) >= 11 is 0. The van der Waals surface area contributed by atoms with Gasteiger partial charge in [-0.1, -0.05) is 54.6 Å². The fourth-order valence-corrected chi connectivity index (χ4v) is 2.22. The first kappa shape index (κ1) is 19.2. The molecule has 0 radical (unpaired) electrons. The SMILES string of the molecule is O=C(O)CCc1ccc(C=CCNC(=O)OCc2ccccc2)cc1F. The van der Waals surface area contributed by atoms with E-state index in [0.717, 1.165) is 5.56 Å². The highest BCUT2D eigenvalue weighted by Crippen LogP contribution is 2.13. The Labute approximate surface area is 151 Å².